The number of benzene rings is 2. The van der Waals surface area contributed by atoms with Crippen LogP contribution in [0.5, 0.6) is 0 Å². The van der Waals surface area contributed by atoms with Crippen LogP contribution in [-0.2, 0) is 18.3 Å². The van der Waals surface area contributed by atoms with Crippen molar-refractivity contribution in [3.63, 3.8) is 0 Å². The lowest BCUT2D eigenvalue weighted by Crippen LogP contribution is -2.14. The Balaban J connectivity index is 2.13. The minimum atomic E-state index is -0.885. The maximum absolute atomic E-state index is 11.3. The van der Waals surface area contributed by atoms with E-state index in [1.165, 1.54) is 22.2 Å². The van der Waals surface area contributed by atoms with Gasteiger partial charge < -0.3 is 10.1 Å². The summed E-state index contributed by atoms with van der Waals surface area (Å²) in [6, 6.07) is 13.8. The van der Waals surface area contributed by atoms with Crippen molar-refractivity contribution in [3.05, 3.63) is 70.4 Å². The van der Waals surface area contributed by atoms with E-state index in [0.717, 1.165) is 23.9 Å². The second-order valence-electron chi connectivity index (χ2n) is 7.64. The number of aromatic amines is 1. The number of carboxylic acid groups (broad SMARTS) is 1. The van der Waals surface area contributed by atoms with E-state index >= 15 is 0 Å². The summed E-state index contributed by atoms with van der Waals surface area (Å²) in [6.07, 6.45) is 1.73. The number of aromatic carboxylic acids is 1. The Morgan fingerprint density at radius 2 is 1.84 bits per heavy atom. The van der Waals surface area contributed by atoms with E-state index in [-0.39, 0.29) is 5.41 Å². The first kappa shape index (κ1) is 17.3. The predicted molar refractivity (Wildman–Crippen MR) is 103 cm³/mol. The van der Waals surface area contributed by atoms with E-state index < -0.39 is 5.97 Å². The fraction of sp³-hybridized carbons (Fsp3) is 0.318. The summed E-state index contributed by atoms with van der Waals surface area (Å²) in [6.45, 7) is 8.77. The third kappa shape index (κ3) is 3.46. The molecule has 3 heteroatoms. The number of nitrogens with one attached hydrogen (secondary N) is 1. The van der Waals surface area contributed by atoms with Gasteiger partial charge in [-0.2, -0.15) is 0 Å². The molecule has 0 spiro atoms. The van der Waals surface area contributed by atoms with Crippen LogP contribution in [0.25, 0.3) is 10.9 Å². The molecule has 25 heavy (non-hydrogen) atoms. The third-order valence-corrected chi connectivity index (χ3v) is 4.68. The minimum Gasteiger partial charge on any atom is -0.478 e. The Morgan fingerprint density at radius 1 is 1.08 bits per heavy atom. The summed E-state index contributed by atoms with van der Waals surface area (Å²) in [5.74, 6) is -0.885. The van der Waals surface area contributed by atoms with Gasteiger partial charge in [0.25, 0.3) is 0 Å². The van der Waals surface area contributed by atoms with Crippen molar-refractivity contribution in [2.45, 2.75) is 46.0 Å². The predicted octanol–water partition coefficient (Wildman–Crippen LogP) is 5.32. The second-order valence-corrected chi connectivity index (χ2v) is 7.64. The fourth-order valence-corrected chi connectivity index (χ4v) is 3.36. The van der Waals surface area contributed by atoms with Crippen LogP contribution in [0.4, 0.5) is 0 Å². The summed E-state index contributed by atoms with van der Waals surface area (Å²) in [7, 11) is 0. The topological polar surface area (TPSA) is 53.1 Å². The highest BCUT2D eigenvalue weighted by Crippen LogP contribution is 2.33. The van der Waals surface area contributed by atoms with E-state index in [2.05, 4.69) is 50.9 Å². The van der Waals surface area contributed by atoms with Gasteiger partial charge in [-0.3, -0.25) is 0 Å². The van der Waals surface area contributed by atoms with Gasteiger partial charge in [0.15, 0.2) is 0 Å². The summed E-state index contributed by atoms with van der Waals surface area (Å²) in [5.41, 5.74) is 6.30. The Hall–Kier alpha value is -2.55. The number of aromatic nitrogens is 1. The zero-order chi connectivity index (χ0) is 18.2. The van der Waals surface area contributed by atoms with Gasteiger partial charge in [0, 0.05) is 22.0 Å². The Kier molecular flexibility index (Phi) is 4.42. The molecule has 0 aliphatic heterocycles. The number of hydrogen-bond acceptors (Lipinski definition) is 1. The van der Waals surface area contributed by atoms with Gasteiger partial charge in [0.05, 0.1) is 5.56 Å². The third-order valence-electron chi connectivity index (χ3n) is 4.68. The molecule has 2 aromatic carbocycles. The molecule has 3 aromatic rings. The lowest BCUT2D eigenvalue weighted by atomic mass is 9.86. The van der Waals surface area contributed by atoms with E-state index in [9.17, 15) is 9.90 Å². The molecule has 0 fully saturated rings. The smallest absolute Gasteiger partial charge is 0.335 e. The average molecular weight is 335 g/mol. The monoisotopic (exact) mass is 335 g/mol. The van der Waals surface area contributed by atoms with Gasteiger partial charge in [0.1, 0.15) is 0 Å². The van der Waals surface area contributed by atoms with Crippen molar-refractivity contribution in [3.8, 4) is 0 Å². The average Bonchev–Trinajstić information content (AvgIpc) is 2.93. The van der Waals surface area contributed by atoms with Gasteiger partial charge in [-0.1, -0.05) is 52.0 Å². The zero-order valence-electron chi connectivity index (χ0n) is 15.3. The number of aryl methyl sites for hydroxylation is 1. The van der Waals surface area contributed by atoms with Gasteiger partial charge in [-0.15, -0.1) is 0 Å². The van der Waals surface area contributed by atoms with Crippen molar-refractivity contribution in [1.82, 2.24) is 4.98 Å². The number of carboxylic acids is 1. The second kappa shape index (κ2) is 6.40. The molecule has 130 valence electrons. The summed E-state index contributed by atoms with van der Waals surface area (Å²) in [4.78, 5) is 14.9. The summed E-state index contributed by atoms with van der Waals surface area (Å²) in [5, 5.41) is 10.5. The summed E-state index contributed by atoms with van der Waals surface area (Å²) >= 11 is 0. The molecule has 0 saturated carbocycles. The molecule has 0 atom stereocenters. The molecule has 0 aliphatic rings. The largest absolute Gasteiger partial charge is 0.478 e. The van der Waals surface area contributed by atoms with Crippen LogP contribution in [0.2, 0.25) is 0 Å². The van der Waals surface area contributed by atoms with Crippen molar-refractivity contribution >= 4 is 16.9 Å². The van der Waals surface area contributed by atoms with Gasteiger partial charge >= 0.3 is 5.97 Å². The lowest BCUT2D eigenvalue weighted by Gasteiger charge is -2.19. The van der Waals surface area contributed by atoms with Gasteiger partial charge in [0.2, 0.25) is 0 Å². The van der Waals surface area contributed by atoms with Crippen molar-refractivity contribution in [1.29, 1.82) is 0 Å². The maximum Gasteiger partial charge on any atom is 0.335 e. The molecule has 1 aromatic heterocycles. The summed E-state index contributed by atoms with van der Waals surface area (Å²) < 4.78 is 0. The number of H-pyrrole nitrogens is 1. The van der Waals surface area contributed by atoms with E-state index in [1.807, 2.05) is 12.1 Å². The van der Waals surface area contributed by atoms with Crippen molar-refractivity contribution in [2.24, 2.45) is 0 Å². The highest BCUT2D eigenvalue weighted by atomic mass is 16.4. The van der Waals surface area contributed by atoms with Crippen LogP contribution in [0.15, 0.2) is 42.5 Å². The van der Waals surface area contributed by atoms with Gasteiger partial charge in [-0.25, -0.2) is 4.79 Å². The van der Waals surface area contributed by atoms with Crippen LogP contribution >= 0.6 is 0 Å². The molecular formula is C22H25NO2. The minimum absolute atomic E-state index is 0.00879. The van der Waals surface area contributed by atoms with E-state index in [1.54, 1.807) is 12.1 Å². The lowest BCUT2D eigenvalue weighted by molar-refractivity contribution is 0.0696. The normalized spacial score (nSPS) is 11.8. The zero-order valence-corrected chi connectivity index (χ0v) is 15.3. The maximum atomic E-state index is 11.3. The first-order chi connectivity index (χ1) is 11.8. The number of carbonyl (C=O) groups is 1. The standard InChI is InChI=1S/C22H25NO2/c1-5-14-9-10-17-18(20(22(2,3)4)23-19(17)13-14)12-15-7-6-8-16(11-15)21(24)25/h6-11,13,23H,5,12H2,1-4H3,(H,24,25). The van der Waals surface area contributed by atoms with Crippen LogP contribution in [-0.4, -0.2) is 16.1 Å². The Morgan fingerprint density at radius 3 is 2.48 bits per heavy atom. The molecule has 3 nitrogen and oxygen atoms in total. The van der Waals surface area contributed by atoms with Crippen LogP contribution in [0.1, 0.15) is 60.4 Å². The number of fused-ring (bicyclic) bond motifs is 1. The first-order valence-electron chi connectivity index (χ1n) is 8.75. The van der Waals surface area contributed by atoms with E-state index in [4.69, 9.17) is 0 Å². The molecule has 0 saturated heterocycles. The van der Waals surface area contributed by atoms with Crippen LogP contribution in [0.3, 0.4) is 0 Å². The highest BCUT2D eigenvalue weighted by molar-refractivity contribution is 5.88. The molecule has 0 amide bonds. The number of hydrogen-bond donors (Lipinski definition) is 2. The van der Waals surface area contributed by atoms with Crippen molar-refractivity contribution in [2.75, 3.05) is 0 Å². The number of rotatable bonds is 4. The van der Waals surface area contributed by atoms with Crippen LogP contribution < -0.4 is 0 Å². The molecule has 2 N–H and O–H groups in total. The molecule has 3 rings (SSSR count). The Bertz CT molecular complexity index is 929. The van der Waals surface area contributed by atoms with Crippen molar-refractivity contribution < 1.29 is 9.90 Å². The SMILES string of the molecule is CCc1ccc2c(Cc3cccc(C(=O)O)c3)c(C(C)(C)C)[nH]c2c1. The molecule has 0 bridgehead atoms. The van der Waals surface area contributed by atoms with Crippen LogP contribution in [0, 0.1) is 0 Å². The highest BCUT2D eigenvalue weighted by Gasteiger charge is 2.23. The first-order valence-corrected chi connectivity index (χ1v) is 8.75. The quantitative estimate of drug-likeness (QED) is 0.678. The van der Waals surface area contributed by atoms with E-state index in [0.29, 0.717) is 5.56 Å². The van der Waals surface area contributed by atoms with Gasteiger partial charge in [-0.05, 0) is 47.7 Å². The molecule has 1 heterocycles. The fourth-order valence-electron chi connectivity index (χ4n) is 3.36. The molecule has 0 unspecified atom stereocenters. The molecule has 0 aliphatic carbocycles. The molecular weight excluding hydrogens is 310 g/mol. The molecule has 0 radical (unpaired) electrons. The Labute approximate surface area is 148 Å².